The van der Waals surface area contributed by atoms with E-state index in [1.807, 2.05) is 128 Å². The Hall–Kier alpha value is -3.92. The number of aryl methyl sites for hydroxylation is 2. The van der Waals surface area contributed by atoms with Gasteiger partial charge in [-0.1, -0.05) is 102 Å². The highest BCUT2D eigenvalue weighted by Gasteiger charge is 2.05. The lowest BCUT2D eigenvalue weighted by Crippen LogP contribution is -2.08. The van der Waals surface area contributed by atoms with Crippen LogP contribution in [-0.2, 0) is 7.05 Å². The summed E-state index contributed by atoms with van der Waals surface area (Å²) in [7, 11) is 3.73. The molecule has 0 saturated carbocycles. The number of aromatic nitrogens is 2. The molecule has 0 fully saturated rings. The maximum atomic E-state index is 8.14. The summed E-state index contributed by atoms with van der Waals surface area (Å²) in [5, 5.41) is 10.8. The Morgan fingerprint density at radius 3 is 1.86 bits per heavy atom. The number of rotatable bonds is 2. The molecular formula is C33H43N3O. The fourth-order valence-electron chi connectivity index (χ4n) is 3.76. The molecule has 0 bridgehead atoms. The normalized spacial score (nSPS) is 9.32. The molecule has 4 heteroatoms. The van der Waals surface area contributed by atoms with Crippen molar-refractivity contribution in [3.63, 3.8) is 0 Å². The molecule has 0 radical (unpaired) electrons. The molecule has 5 aromatic rings. The topological polar surface area (TPSA) is 50.9 Å². The average molecular weight is 498 g/mol. The third kappa shape index (κ3) is 8.04. The van der Waals surface area contributed by atoms with Crippen molar-refractivity contribution >= 4 is 21.8 Å². The van der Waals surface area contributed by atoms with Gasteiger partial charge in [0.15, 0.2) is 0 Å². The average Bonchev–Trinajstić information content (AvgIpc) is 2.98. The van der Waals surface area contributed by atoms with Gasteiger partial charge in [0, 0.05) is 29.6 Å². The smallest absolute Gasteiger partial charge is 0.130 e. The monoisotopic (exact) mass is 497 g/mol. The Labute approximate surface area is 223 Å². The number of nitrogens with one attached hydrogen (secondary N) is 1. The number of hydrogen-bond acceptors (Lipinski definition) is 3. The molecule has 0 aliphatic rings. The Kier molecular flexibility index (Phi) is 14.0. The second-order valence-corrected chi connectivity index (χ2v) is 7.37. The third-order valence-electron chi connectivity index (χ3n) is 5.29. The van der Waals surface area contributed by atoms with Crippen molar-refractivity contribution in [1.82, 2.24) is 9.55 Å². The van der Waals surface area contributed by atoms with Crippen molar-refractivity contribution < 1.29 is 4.74 Å². The number of hydrogen-bond donors (Lipinski definition) is 1. The maximum Gasteiger partial charge on any atom is 0.130 e. The van der Waals surface area contributed by atoms with E-state index in [4.69, 9.17) is 10.1 Å². The van der Waals surface area contributed by atoms with E-state index < -0.39 is 0 Å². The van der Waals surface area contributed by atoms with Crippen molar-refractivity contribution in [2.24, 2.45) is 7.05 Å². The molecule has 37 heavy (non-hydrogen) atoms. The molecule has 4 nitrogen and oxygen atoms in total. The van der Waals surface area contributed by atoms with Gasteiger partial charge in [0.25, 0.3) is 0 Å². The molecule has 0 atom stereocenters. The summed E-state index contributed by atoms with van der Waals surface area (Å²) in [6.45, 7) is 14.0. The summed E-state index contributed by atoms with van der Waals surface area (Å²) < 4.78 is 7.41. The number of para-hydroxylation sites is 2. The highest BCUT2D eigenvalue weighted by atomic mass is 16.5. The second-order valence-electron chi connectivity index (χ2n) is 7.37. The first-order valence-corrected chi connectivity index (χ1v) is 13.2. The van der Waals surface area contributed by atoms with Gasteiger partial charge < -0.3 is 14.7 Å². The molecule has 5 rings (SSSR count). The molecule has 0 saturated heterocycles. The molecule has 0 unspecified atom stereocenters. The Balaban J connectivity index is 0.000000319. The minimum absolute atomic E-state index is 0.572. The number of pyridine rings is 2. The zero-order chi connectivity index (χ0) is 27.8. The highest BCUT2D eigenvalue weighted by molar-refractivity contribution is 5.85. The summed E-state index contributed by atoms with van der Waals surface area (Å²) >= 11 is 0. The first-order valence-electron chi connectivity index (χ1n) is 13.2. The Morgan fingerprint density at radius 2 is 1.24 bits per heavy atom. The molecule has 0 aliphatic heterocycles. The van der Waals surface area contributed by atoms with Gasteiger partial charge in [0.1, 0.15) is 5.75 Å². The van der Waals surface area contributed by atoms with Gasteiger partial charge in [0.05, 0.1) is 29.2 Å². The number of fused-ring (bicyclic) bond motifs is 2. The minimum atomic E-state index is 0.572. The lowest BCUT2D eigenvalue weighted by atomic mass is 10.1. The number of ether oxygens (including phenoxy) is 1. The number of nitrogens with zero attached hydrogens (tertiary/aromatic N) is 2. The van der Waals surface area contributed by atoms with Crippen LogP contribution in [0, 0.1) is 12.3 Å². The largest absolute Gasteiger partial charge is 0.496 e. The van der Waals surface area contributed by atoms with E-state index in [0.717, 1.165) is 44.5 Å². The fourth-order valence-corrected chi connectivity index (χ4v) is 3.76. The standard InChI is InChI=1S/C16H14N2.C11H11NO.3C2H6/c1-18-15-10-6-5-9-13(15)14(17)11-16(18)12-7-3-2-4-8-12;1-8-7-11(13-2)9-5-3-4-6-10(9)12-8;3*1-2/h2-11,17H,1H3;3-7H,1-2H3;3*1-2H3. The molecule has 1 N–H and O–H groups in total. The lowest BCUT2D eigenvalue weighted by molar-refractivity contribution is 0.419. The third-order valence-corrected chi connectivity index (χ3v) is 5.29. The second kappa shape index (κ2) is 16.7. The van der Waals surface area contributed by atoms with Crippen LogP contribution in [0.5, 0.6) is 5.75 Å². The van der Waals surface area contributed by atoms with Crippen LogP contribution in [0.15, 0.2) is 91.0 Å². The van der Waals surface area contributed by atoms with E-state index in [1.165, 1.54) is 0 Å². The predicted molar refractivity (Wildman–Crippen MR) is 161 cm³/mol. The van der Waals surface area contributed by atoms with Crippen molar-refractivity contribution in [2.45, 2.75) is 48.5 Å². The van der Waals surface area contributed by atoms with Crippen LogP contribution in [-0.4, -0.2) is 16.7 Å². The summed E-state index contributed by atoms with van der Waals surface area (Å²) in [6, 6.07) is 30.1. The first kappa shape index (κ1) is 31.1. The maximum absolute atomic E-state index is 8.14. The van der Waals surface area contributed by atoms with Crippen LogP contribution in [0.4, 0.5) is 0 Å². The van der Waals surface area contributed by atoms with Gasteiger partial charge in [-0.2, -0.15) is 0 Å². The molecule has 2 heterocycles. The number of benzene rings is 3. The first-order chi connectivity index (χ1) is 18.1. The quantitative estimate of drug-likeness (QED) is 0.265. The SMILES string of the molecule is CC.CC.CC.COc1cc(C)nc2ccccc12.Cn1c(-c2ccccc2)cc(=N)c2ccccc21. The van der Waals surface area contributed by atoms with Crippen LogP contribution in [0.3, 0.4) is 0 Å². The lowest BCUT2D eigenvalue weighted by Gasteiger charge is -2.13. The Morgan fingerprint density at radius 1 is 0.703 bits per heavy atom. The van der Waals surface area contributed by atoms with Crippen molar-refractivity contribution in [3.05, 3.63) is 102 Å². The van der Waals surface area contributed by atoms with Crippen molar-refractivity contribution in [1.29, 1.82) is 5.41 Å². The number of methoxy groups -OCH3 is 1. The zero-order valence-corrected chi connectivity index (χ0v) is 24.0. The van der Waals surface area contributed by atoms with Gasteiger partial charge in [-0.25, -0.2) is 0 Å². The minimum Gasteiger partial charge on any atom is -0.496 e. The van der Waals surface area contributed by atoms with E-state index in [1.54, 1.807) is 7.11 Å². The molecule has 0 spiro atoms. The molecular weight excluding hydrogens is 454 g/mol. The van der Waals surface area contributed by atoms with Crippen LogP contribution in [0.1, 0.15) is 47.2 Å². The zero-order valence-electron chi connectivity index (χ0n) is 24.0. The predicted octanol–water partition coefficient (Wildman–Crippen LogP) is 8.96. The van der Waals surface area contributed by atoms with E-state index in [0.29, 0.717) is 5.36 Å². The Bertz CT molecular complexity index is 1410. The van der Waals surface area contributed by atoms with Gasteiger partial charge in [-0.3, -0.25) is 4.98 Å². The van der Waals surface area contributed by atoms with E-state index in [2.05, 4.69) is 27.8 Å². The summed E-state index contributed by atoms with van der Waals surface area (Å²) in [4.78, 5) is 4.40. The van der Waals surface area contributed by atoms with E-state index in [9.17, 15) is 0 Å². The van der Waals surface area contributed by atoms with E-state index >= 15 is 0 Å². The van der Waals surface area contributed by atoms with Gasteiger partial charge in [-0.15, -0.1) is 0 Å². The van der Waals surface area contributed by atoms with Gasteiger partial charge >= 0.3 is 0 Å². The van der Waals surface area contributed by atoms with Gasteiger partial charge in [-0.05, 0) is 36.8 Å². The summed E-state index contributed by atoms with van der Waals surface area (Å²) in [6.07, 6.45) is 0. The fraction of sp³-hybridized carbons (Fsp3) is 0.273. The van der Waals surface area contributed by atoms with Gasteiger partial charge in [0.2, 0.25) is 0 Å². The molecule has 0 aliphatic carbocycles. The summed E-state index contributed by atoms with van der Waals surface area (Å²) in [5.41, 5.74) is 5.26. The molecule has 3 aromatic carbocycles. The summed E-state index contributed by atoms with van der Waals surface area (Å²) in [5.74, 6) is 0.892. The van der Waals surface area contributed by atoms with Crippen molar-refractivity contribution in [3.8, 4) is 17.0 Å². The van der Waals surface area contributed by atoms with Crippen LogP contribution >= 0.6 is 0 Å². The molecule has 2 aromatic heterocycles. The van der Waals surface area contributed by atoms with Crippen LogP contribution < -0.4 is 10.1 Å². The van der Waals surface area contributed by atoms with Crippen LogP contribution in [0.25, 0.3) is 33.1 Å². The molecule has 0 amide bonds. The highest BCUT2D eigenvalue weighted by Crippen LogP contribution is 2.24. The van der Waals surface area contributed by atoms with Crippen LogP contribution in [0.2, 0.25) is 0 Å². The molecule has 196 valence electrons. The van der Waals surface area contributed by atoms with Crippen molar-refractivity contribution in [2.75, 3.05) is 7.11 Å². The van der Waals surface area contributed by atoms with E-state index in [-0.39, 0.29) is 0 Å².